The average molecular weight is 368 g/mol. The van der Waals surface area contributed by atoms with Crippen LogP contribution in [-0.2, 0) is 0 Å². The van der Waals surface area contributed by atoms with Gasteiger partial charge in [-0.25, -0.2) is 0 Å². The fourth-order valence-electron chi connectivity index (χ4n) is 3.54. The van der Waals surface area contributed by atoms with Gasteiger partial charge in [-0.1, -0.05) is 30.3 Å². The largest absolute Gasteiger partial charge is 0.490 e. The second-order valence-corrected chi connectivity index (χ2v) is 6.90. The molecule has 4 rings (SSSR count). The molecule has 0 atom stereocenters. The first-order valence-electron chi connectivity index (χ1n) is 9.40. The molecule has 0 bridgehead atoms. The maximum atomic E-state index is 5.50. The normalized spacial score (nSPS) is 10.7. The molecule has 0 radical (unpaired) electrons. The third-order valence-electron chi connectivity index (χ3n) is 5.06. The Morgan fingerprint density at radius 1 is 0.643 bits per heavy atom. The summed E-state index contributed by atoms with van der Waals surface area (Å²) in [6.07, 6.45) is 8.48. The highest BCUT2D eigenvalue weighted by atomic mass is 16.5. The van der Waals surface area contributed by atoms with Crippen molar-refractivity contribution in [2.24, 2.45) is 0 Å². The maximum Gasteiger partial charge on any atom is 0.252 e. The number of hydrogen-bond donors (Lipinski definition) is 0. The monoisotopic (exact) mass is 368 g/mol. The Labute approximate surface area is 166 Å². The van der Waals surface area contributed by atoms with Crippen molar-refractivity contribution in [1.29, 1.82) is 0 Å². The maximum absolute atomic E-state index is 5.50. The Kier molecular flexibility index (Phi) is 4.90. The summed E-state index contributed by atoms with van der Waals surface area (Å²) in [6.45, 7) is 4.28. The van der Waals surface area contributed by atoms with E-state index < -0.39 is 0 Å². The van der Waals surface area contributed by atoms with Gasteiger partial charge in [0.1, 0.15) is 0 Å². The summed E-state index contributed by atoms with van der Waals surface area (Å²) in [5.41, 5.74) is 7.13. The van der Waals surface area contributed by atoms with Crippen LogP contribution in [0, 0.1) is 13.8 Å². The summed E-state index contributed by atoms with van der Waals surface area (Å²) in [5, 5.41) is 0. The topological polar surface area (TPSA) is 17.0 Å². The van der Waals surface area contributed by atoms with Crippen LogP contribution in [-0.4, -0.2) is 7.11 Å². The van der Waals surface area contributed by atoms with Crippen molar-refractivity contribution >= 4 is 0 Å². The Bertz CT molecular complexity index is 1120. The van der Waals surface area contributed by atoms with Gasteiger partial charge in [0.2, 0.25) is 5.69 Å². The molecule has 0 saturated carbocycles. The third-order valence-corrected chi connectivity index (χ3v) is 5.06. The van der Waals surface area contributed by atoms with E-state index in [1.807, 2.05) is 18.2 Å². The molecule has 0 amide bonds. The number of hydrogen-bond acceptors (Lipinski definition) is 1. The highest BCUT2D eigenvalue weighted by molar-refractivity contribution is 5.65. The van der Waals surface area contributed by atoms with Crippen LogP contribution in [0.15, 0.2) is 91.5 Å². The molecule has 0 spiro atoms. The summed E-state index contributed by atoms with van der Waals surface area (Å²) in [6, 6.07) is 23.0. The fourth-order valence-corrected chi connectivity index (χ4v) is 3.54. The number of aromatic nitrogens is 2. The molecular formula is C25H24N2O+2. The minimum absolute atomic E-state index is 0.860. The van der Waals surface area contributed by atoms with Crippen LogP contribution in [0.5, 0.6) is 5.75 Å². The van der Waals surface area contributed by atoms with E-state index in [0.29, 0.717) is 0 Å². The van der Waals surface area contributed by atoms with Crippen molar-refractivity contribution in [3.05, 3.63) is 103 Å². The Morgan fingerprint density at radius 3 is 1.96 bits per heavy atom. The van der Waals surface area contributed by atoms with E-state index in [1.54, 1.807) is 7.11 Å². The number of para-hydroxylation sites is 3. The van der Waals surface area contributed by atoms with E-state index in [0.717, 1.165) is 11.4 Å². The molecule has 2 aromatic heterocycles. The summed E-state index contributed by atoms with van der Waals surface area (Å²) in [5.74, 6) is 0.860. The van der Waals surface area contributed by atoms with Crippen LogP contribution in [0.4, 0.5) is 0 Å². The summed E-state index contributed by atoms with van der Waals surface area (Å²) in [7, 11) is 1.70. The van der Waals surface area contributed by atoms with Gasteiger partial charge >= 0.3 is 0 Å². The molecule has 28 heavy (non-hydrogen) atoms. The molecule has 3 heteroatoms. The number of aryl methyl sites for hydroxylation is 2. The second kappa shape index (κ2) is 7.65. The van der Waals surface area contributed by atoms with Crippen LogP contribution in [0.1, 0.15) is 11.1 Å². The highest BCUT2D eigenvalue weighted by Gasteiger charge is 2.16. The van der Waals surface area contributed by atoms with Gasteiger partial charge in [0.15, 0.2) is 30.5 Å². The number of rotatable bonds is 4. The number of benzene rings is 2. The number of methoxy groups -OCH3 is 1. The summed E-state index contributed by atoms with van der Waals surface area (Å²) in [4.78, 5) is 0. The van der Waals surface area contributed by atoms with E-state index >= 15 is 0 Å². The van der Waals surface area contributed by atoms with Crippen LogP contribution in [0.2, 0.25) is 0 Å². The van der Waals surface area contributed by atoms with Crippen molar-refractivity contribution in [3.8, 4) is 28.3 Å². The van der Waals surface area contributed by atoms with Gasteiger partial charge in [-0.15, -0.1) is 0 Å². The van der Waals surface area contributed by atoms with Crippen molar-refractivity contribution in [2.45, 2.75) is 13.8 Å². The molecule has 3 nitrogen and oxygen atoms in total. The molecule has 138 valence electrons. The lowest BCUT2D eigenvalue weighted by Crippen LogP contribution is -2.31. The molecule has 0 aliphatic carbocycles. The van der Waals surface area contributed by atoms with E-state index in [4.69, 9.17) is 4.74 Å². The van der Waals surface area contributed by atoms with Crippen LogP contribution in [0.3, 0.4) is 0 Å². The Hall–Kier alpha value is -3.46. The van der Waals surface area contributed by atoms with Crippen LogP contribution >= 0.6 is 0 Å². The highest BCUT2D eigenvalue weighted by Crippen LogP contribution is 2.23. The Morgan fingerprint density at radius 2 is 1.29 bits per heavy atom. The first-order valence-corrected chi connectivity index (χ1v) is 9.40. The van der Waals surface area contributed by atoms with Crippen molar-refractivity contribution in [1.82, 2.24) is 0 Å². The lowest BCUT2D eigenvalue weighted by Gasteiger charge is -2.07. The van der Waals surface area contributed by atoms with Gasteiger partial charge in [-0.2, -0.15) is 9.13 Å². The van der Waals surface area contributed by atoms with Crippen molar-refractivity contribution < 1.29 is 13.9 Å². The van der Waals surface area contributed by atoms with Crippen molar-refractivity contribution in [2.75, 3.05) is 7.11 Å². The smallest absolute Gasteiger partial charge is 0.252 e. The molecule has 0 fully saturated rings. The van der Waals surface area contributed by atoms with E-state index in [1.165, 1.54) is 27.9 Å². The third kappa shape index (κ3) is 3.39. The zero-order valence-electron chi connectivity index (χ0n) is 16.5. The second-order valence-electron chi connectivity index (χ2n) is 6.90. The minimum atomic E-state index is 0.860. The van der Waals surface area contributed by atoms with Crippen LogP contribution < -0.4 is 13.9 Å². The lowest BCUT2D eigenvalue weighted by molar-refractivity contribution is -0.596. The molecule has 2 aromatic carbocycles. The van der Waals surface area contributed by atoms with E-state index in [9.17, 15) is 0 Å². The molecule has 4 aromatic rings. The zero-order chi connectivity index (χ0) is 19.5. The molecule has 0 aliphatic rings. The SMILES string of the molecule is COc1ccccc1-[n+]1ccc(-c2cc[n+](-c3ccccc3C)cc2)c(C)c1. The number of nitrogens with zero attached hydrogens (tertiary/aromatic N) is 2. The predicted molar refractivity (Wildman–Crippen MR) is 111 cm³/mol. The fraction of sp³-hybridized carbons (Fsp3) is 0.120. The van der Waals surface area contributed by atoms with Gasteiger partial charge in [0, 0.05) is 41.5 Å². The van der Waals surface area contributed by atoms with Crippen LogP contribution in [0.25, 0.3) is 22.5 Å². The zero-order valence-corrected chi connectivity index (χ0v) is 16.5. The van der Waals surface area contributed by atoms with Gasteiger partial charge < -0.3 is 4.74 Å². The first kappa shape index (κ1) is 17.9. The quantitative estimate of drug-likeness (QED) is 0.484. The molecule has 0 aliphatic heterocycles. The molecule has 0 unspecified atom stereocenters. The lowest BCUT2D eigenvalue weighted by atomic mass is 10.0. The number of pyridine rings is 2. The Balaban J connectivity index is 1.68. The molecular weight excluding hydrogens is 344 g/mol. The standard InChI is InChI=1S/C25H24N2O/c1-19-8-4-5-9-23(19)26-15-12-21(13-16-26)22-14-17-27(18-20(22)2)24-10-6-7-11-25(24)28-3/h4-18H,1-3H3/q+2. The minimum Gasteiger partial charge on any atom is -0.490 e. The van der Waals surface area contributed by atoms with Gasteiger partial charge in [-0.3, -0.25) is 0 Å². The first-order chi connectivity index (χ1) is 13.7. The van der Waals surface area contributed by atoms with Gasteiger partial charge in [-0.05, 0) is 31.0 Å². The molecule has 2 heterocycles. The predicted octanol–water partition coefficient (Wildman–Crippen LogP) is 4.53. The molecule has 0 N–H and O–H groups in total. The summed E-state index contributed by atoms with van der Waals surface area (Å²) < 4.78 is 9.76. The number of ether oxygens (including phenoxy) is 1. The van der Waals surface area contributed by atoms with Gasteiger partial charge in [0.05, 0.1) is 7.11 Å². The van der Waals surface area contributed by atoms with E-state index in [-0.39, 0.29) is 0 Å². The molecule has 0 saturated heterocycles. The average Bonchev–Trinajstić information content (AvgIpc) is 2.74. The van der Waals surface area contributed by atoms with Gasteiger partial charge in [0.25, 0.3) is 5.69 Å². The summed E-state index contributed by atoms with van der Waals surface area (Å²) >= 11 is 0. The van der Waals surface area contributed by atoms with Crippen molar-refractivity contribution in [3.63, 3.8) is 0 Å². The van der Waals surface area contributed by atoms with E-state index in [2.05, 4.69) is 96.3 Å².